The Kier molecular flexibility index (Phi) is 5.21. The van der Waals surface area contributed by atoms with Crippen LogP contribution < -0.4 is 10.1 Å². The summed E-state index contributed by atoms with van der Waals surface area (Å²) >= 11 is 0. The summed E-state index contributed by atoms with van der Waals surface area (Å²) in [5.41, 5.74) is 1.13. The molecular weight excluding hydrogens is 288 g/mol. The lowest BCUT2D eigenvalue weighted by Gasteiger charge is -2.35. The molecular formula is C19H28N2O2. The number of piperidine rings is 1. The first-order valence-electron chi connectivity index (χ1n) is 8.89. The van der Waals surface area contributed by atoms with Crippen molar-refractivity contribution < 1.29 is 9.53 Å². The number of amides is 1. The molecule has 2 unspecified atom stereocenters. The summed E-state index contributed by atoms with van der Waals surface area (Å²) in [6, 6.07) is 9.67. The van der Waals surface area contributed by atoms with E-state index in [-0.39, 0.29) is 5.91 Å². The maximum atomic E-state index is 12.6. The van der Waals surface area contributed by atoms with Crippen LogP contribution in [-0.4, -0.2) is 42.6 Å². The number of fused-ring (bicyclic) bond motifs is 2. The van der Waals surface area contributed by atoms with Crippen molar-refractivity contribution in [2.45, 2.75) is 63.6 Å². The van der Waals surface area contributed by atoms with Crippen LogP contribution in [0.5, 0.6) is 5.75 Å². The van der Waals surface area contributed by atoms with E-state index in [0.717, 1.165) is 30.6 Å². The Balaban J connectivity index is 1.55. The fourth-order valence-corrected chi connectivity index (χ4v) is 3.97. The molecule has 126 valence electrons. The van der Waals surface area contributed by atoms with Crippen LogP contribution in [0.25, 0.3) is 0 Å². The van der Waals surface area contributed by atoms with E-state index in [1.54, 1.807) is 0 Å². The summed E-state index contributed by atoms with van der Waals surface area (Å²) in [7, 11) is 1.98. The van der Waals surface area contributed by atoms with Crippen LogP contribution >= 0.6 is 0 Å². The van der Waals surface area contributed by atoms with Crippen molar-refractivity contribution in [3.63, 3.8) is 0 Å². The van der Waals surface area contributed by atoms with Gasteiger partial charge in [-0.1, -0.05) is 18.2 Å². The lowest BCUT2D eigenvalue weighted by atomic mass is 9.98. The van der Waals surface area contributed by atoms with E-state index in [1.165, 1.54) is 12.8 Å². The molecule has 2 aliphatic heterocycles. The molecule has 0 aliphatic carbocycles. The summed E-state index contributed by atoms with van der Waals surface area (Å²) in [5.74, 6) is 1.16. The number of aryl methyl sites for hydroxylation is 1. The molecule has 1 aromatic carbocycles. The van der Waals surface area contributed by atoms with Crippen LogP contribution in [0.2, 0.25) is 0 Å². The number of benzene rings is 1. The lowest BCUT2D eigenvalue weighted by molar-refractivity contribution is -0.132. The highest BCUT2D eigenvalue weighted by atomic mass is 16.5. The van der Waals surface area contributed by atoms with Gasteiger partial charge in [0.05, 0.1) is 6.61 Å². The van der Waals surface area contributed by atoms with Gasteiger partial charge in [-0.2, -0.15) is 0 Å². The van der Waals surface area contributed by atoms with Crippen molar-refractivity contribution in [3.05, 3.63) is 29.8 Å². The van der Waals surface area contributed by atoms with Crippen molar-refractivity contribution in [1.82, 2.24) is 10.2 Å². The first kappa shape index (κ1) is 16.3. The van der Waals surface area contributed by atoms with Crippen molar-refractivity contribution in [2.75, 3.05) is 13.7 Å². The number of hydrogen-bond acceptors (Lipinski definition) is 3. The topological polar surface area (TPSA) is 41.6 Å². The molecule has 0 spiro atoms. The van der Waals surface area contributed by atoms with E-state index in [4.69, 9.17) is 4.74 Å². The minimum Gasteiger partial charge on any atom is -0.494 e. The maximum absolute atomic E-state index is 12.6. The third-order valence-corrected chi connectivity index (χ3v) is 5.27. The van der Waals surface area contributed by atoms with Crippen LogP contribution in [0, 0.1) is 0 Å². The van der Waals surface area contributed by atoms with Crippen LogP contribution in [-0.2, 0) is 11.2 Å². The Bertz CT molecular complexity index is 534. The Morgan fingerprint density at radius 1 is 1.26 bits per heavy atom. The number of rotatable bonds is 6. The van der Waals surface area contributed by atoms with Gasteiger partial charge in [0.25, 0.3) is 0 Å². The van der Waals surface area contributed by atoms with E-state index >= 15 is 0 Å². The zero-order valence-corrected chi connectivity index (χ0v) is 14.3. The minimum atomic E-state index is 0.252. The molecule has 3 rings (SSSR count). The predicted octanol–water partition coefficient (Wildman–Crippen LogP) is 2.76. The number of carbonyl (C=O) groups is 1. The second-order valence-electron chi connectivity index (χ2n) is 6.81. The molecule has 2 fully saturated rings. The fraction of sp³-hybridized carbons (Fsp3) is 0.632. The largest absolute Gasteiger partial charge is 0.494 e. The molecule has 2 aliphatic rings. The summed E-state index contributed by atoms with van der Waals surface area (Å²) in [5, 5.41) is 3.64. The predicted molar refractivity (Wildman–Crippen MR) is 91.7 cm³/mol. The molecule has 2 heterocycles. The Labute approximate surface area is 139 Å². The van der Waals surface area contributed by atoms with Gasteiger partial charge in [-0.25, -0.2) is 0 Å². The number of hydrogen-bond donors (Lipinski definition) is 1. The second-order valence-corrected chi connectivity index (χ2v) is 6.81. The van der Waals surface area contributed by atoms with E-state index in [1.807, 2.05) is 37.1 Å². The first-order chi connectivity index (χ1) is 11.2. The molecule has 4 heteroatoms. The quantitative estimate of drug-likeness (QED) is 0.877. The monoisotopic (exact) mass is 316 g/mol. The number of ether oxygens (including phenoxy) is 1. The van der Waals surface area contributed by atoms with Crippen LogP contribution in [0.3, 0.4) is 0 Å². The van der Waals surface area contributed by atoms with Gasteiger partial charge >= 0.3 is 0 Å². The molecule has 2 saturated heterocycles. The van der Waals surface area contributed by atoms with Gasteiger partial charge in [-0.3, -0.25) is 4.79 Å². The van der Waals surface area contributed by atoms with E-state index in [9.17, 15) is 4.79 Å². The molecule has 1 N–H and O–H groups in total. The number of carbonyl (C=O) groups excluding carboxylic acids is 1. The molecule has 23 heavy (non-hydrogen) atoms. The molecule has 2 bridgehead atoms. The fourth-order valence-electron chi connectivity index (χ4n) is 3.97. The highest BCUT2D eigenvalue weighted by molar-refractivity contribution is 5.76. The molecule has 2 atom stereocenters. The Morgan fingerprint density at radius 2 is 1.96 bits per heavy atom. The van der Waals surface area contributed by atoms with E-state index in [0.29, 0.717) is 31.2 Å². The maximum Gasteiger partial charge on any atom is 0.222 e. The number of nitrogens with one attached hydrogen (secondary N) is 1. The zero-order valence-electron chi connectivity index (χ0n) is 14.3. The van der Waals surface area contributed by atoms with Gasteiger partial charge in [-0.15, -0.1) is 0 Å². The number of nitrogens with zero attached hydrogens (tertiary/aromatic N) is 1. The molecule has 0 aromatic heterocycles. The van der Waals surface area contributed by atoms with E-state index < -0.39 is 0 Å². The summed E-state index contributed by atoms with van der Waals surface area (Å²) < 4.78 is 5.65. The van der Waals surface area contributed by atoms with Crippen molar-refractivity contribution in [1.29, 1.82) is 0 Å². The van der Waals surface area contributed by atoms with Crippen molar-refractivity contribution >= 4 is 5.91 Å². The lowest BCUT2D eigenvalue weighted by Crippen LogP contribution is -2.48. The van der Waals surface area contributed by atoms with Crippen LogP contribution in [0.15, 0.2) is 24.3 Å². The SMILES string of the molecule is CCOc1ccccc1CCC(=O)N(C)C1CC2CCC(C1)N2. The van der Waals surface area contributed by atoms with Crippen LogP contribution in [0.4, 0.5) is 0 Å². The zero-order chi connectivity index (χ0) is 16.2. The molecule has 1 amide bonds. The van der Waals surface area contributed by atoms with Crippen LogP contribution in [0.1, 0.15) is 44.6 Å². The average molecular weight is 316 g/mol. The highest BCUT2D eigenvalue weighted by Gasteiger charge is 2.36. The van der Waals surface area contributed by atoms with Gasteiger partial charge < -0.3 is 15.0 Å². The summed E-state index contributed by atoms with van der Waals surface area (Å²) in [6.45, 7) is 2.64. The third kappa shape index (κ3) is 3.86. The molecule has 0 radical (unpaired) electrons. The highest BCUT2D eigenvalue weighted by Crippen LogP contribution is 2.29. The Hall–Kier alpha value is -1.55. The molecule has 1 aromatic rings. The van der Waals surface area contributed by atoms with Gasteiger partial charge in [0.15, 0.2) is 0 Å². The van der Waals surface area contributed by atoms with Crippen molar-refractivity contribution in [2.24, 2.45) is 0 Å². The molecule has 0 saturated carbocycles. The summed E-state index contributed by atoms with van der Waals surface area (Å²) in [6.07, 6.45) is 6.05. The van der Waals surface area contributed by atoms with Gasteiger partial charge in [-0.05, 0) is 50.7 Å². The second kappa shape index (κ2) is 7.35. The Morgan fingerprint density at radius 3 is 2.65 bits per heavy atom. The van der Waals surface area contributed by atoms with E-state index in [2.05, 4.69) is 11.4 Å². The molecule has 4 nitrogen and oxygen atoms in total. The standard InChI is InChI=1S/C19H28N2O2/c1-3-23-18-7-5-4-6-14(18)8-11-19(22)21(2)17-12-15-9-10-16(13-17)20-15/h4-7,15-17,20H,3,8-13H2,1-2H3. The third-order valence-electron chi connectivity index (χ3n) is 5.27. The van der Waals surface area contributed by atoms with Gasteiger partial charge in [0, 0.05) is 31.6 Å². The normalized spacial score (nSPS) is 26.1. The minimum absolute atomic E-state index is 0.252. The first-order valence-corrected chi connectivity index (χ1v) is 8.89. The number of para-hydroxylation sites is 1. The smallest absolute Gasteiger partial charge is 0.222 e. The van der Waals surface area contributed by atoms with Gasteiger partial charge in [0.2, 0.25) is 5.91 Å². The van der Waals surface area contributed by atoms with Gasteiger partial charge in [0.1, 0.15) is 5.75 Å². The van der Waals surface area contributed by atoms with Crippen molar-refractivity contribution in [3.8, 4) is 5.75 Å². The summed E-state index contributed by atoms with van der Waals surface area (Å²) in [4.78, 5) is 14.6. The average Bonchev–Trinajstić information content (AvgIpc) is 2.91.